The fraction of sp³-hybridized carbons (Fsp3) is 0.200. The number of ether oxygens (including phenoxy) is 3. The predicted octanol–water partition coefficient (Wildman–Crippen LogP) is 2.35. The maximum atomic E-state index is 11.4. The minimum Gasteiger partial charge on any atom is -0.486 e. The van der Waals surface area contributed by atoms with E-state index in [1.54, 1.807) is 12.1 Å². The first kappa shape index (κ1) is 18.4. The van der Waals surface area contributed by atoms with E-state index in [0.717, 1.165) is 12.1 Å². The van der Waals surface area contributed by atoms with E-state index < -0.39 is 20.6 Å². The lowest BCUT2D eigenvalue weighted by atomic mass is 10.2. The Morgan fingerprint density at radius 3 is 2.46 bits per heavy atom. The van der Waals surface area contributed by atoms with E-state index in [2.05, 4.69) is 15.9 Å². The summed E-state index contributed by atoms with van der Waals surface area (Å²) in [7, 11) is -4.06. The molecule has 0 aliphatic carbocycles. The zero-order valence-corrected chi connectivity index (χ0v) is 15.6. The van der Waals surface area contributed by atoms with Crippen molar-refractivity contribution in [2.45, 2.75) is 11.5 Å². The molecule has 11 heteroatoms. The maximum absolute atomic E-state index is 11.4. The average Bonchev–Trinajstić information content (AvgIpc) is 2.58. The summed E-state index contributed by atoms with van der Waals surface area (Å²) in [4.78, 5) is 10.1. The van der Waals surface area contributed by atoms with Gasteiger partial charge in [-0.1, -0.05) is 15.9 Å². The molecule has 0 amide bonds. The number of halogens is 1. The molecule has 2 aromatic rings. The number of benzene rings is 2. The average molecular weight is 445 g/mol. The molecule has 0 bridgehead atoms. The highest BCUT2D eigenvalue weighted by Gasteiger charge is 2.21. The van der Waals surface area contributed by atoms with E-state index >= 15 is 0 Å². The highest BCUT2D eigenvalue weighted by Crippen LogP contribution is 2.37. The molecule has 3 rings (SSSR count). The minimum atomic E-state index is -4.06. The number of fused-ring (bicyclic) bond motifs is 1. The molecule has 1 heterocycles. The van der Waals surface area contributed by atoms with Crippen molar-refractivity contribution < 1.29 is 27.6 Å². The molecule has 0 fully saturated rings. The fourth-order valence-electron chi connectivity index (χ4n) is 2.31. The molecule has 26 heavy (non-hydrogen) atoms. The highest BCUT2D eigenvalue weighted by atomic mass is 79.9. The summed E-state index contributed by atoms with van der Waals surface area (Å²) in [6.45, 7) is 0.875. The lowest BCUT2D eigenvalue weighted by Gasteiger charge is -2.20. The van der Waals surface area contributed by atoms with Crippen molar-refractivity contribution in [2.24, 2.45) is 5.14 Å². The topological polar surface area (TPSA) is 131 Å². The van der Waals surface area contributed by atoms with Crippen LogP contribution in [0.25, 0.3) is 0 Å². The second-order valence-electron chi connectivity index (χ2n) is 5.31. The van der Waals surface area contributed by atoms with Crippen molar-refractivity contribution in [3.8, 4) is 17.2 Å². The molecular formula is C15H13BrN2O7S. The number of nitrogens with zero attached hydrogens (tertiary/aromatic N) is 1. The first-order chi connectivity index (χ1) is 12.3. The molecular weight excluding hydrogens is 432 g/mol. The summed E-state index contributed by atoms with van der Waals surface area (Å²) in [6.07, 6.45) is 0. The Labute approximate surface area is 157 Å². The molecule has 138 valence electrons. The van der Waals surface area contributed by atoms with Crippen LogP contribution in [-0.4, -0.2) is 26.6 Å². The normalized spacial score (nSPS) is 13.3. The number of nitrogens with two attached hydrogens (primary N) is 1. The van der Waals surface area contributed by atoms with E-state index in [9.17, 15) is 18.5 Å². The summed E-state index contributed by atoms with van der Waals surface area (Å²) >= 11 is 3.39. The minimum absolute atomic E-state index is 0.00716. The molecule has 0 saturated heterocycles. The second kappa shape index (κ2) is 7.09. The van der Waals surface area contributed by atoms with Gasteiger partial charge in [-0.05, 0) is 24.3 Å². The van der Waals surface area contributed by atoms with Crippen molar-refractivity contribution in [3.63, 3.8) is 0 Å². The van der Waals surface area contributed by atoms with Gasteiger partial charge in [-0.3, -0.25) is 10.1 Å². The largest absolute Gasteiger partial charge is 0.486 e. The van der Waals surface area contributed by atoms with Gasteiger partial charge in [-0.15, -0.1) is 0 Å². The fourth-order valence-corrected chi connectivity index (χ4v) is 3.28. The third-order valence-electron chi connectivity index (χ3n) is 3.55. The monoisotopic (exact) mass is 444 g/mol. The Balaban J connectivity index is 1.87. The van der Waals surface area contributed by atoms with Gasteiger partial charge >= 0.3 is 5.69 Å². The molecule has 2 N–H and O–H groups in total. The van der Waals surface area contributed by atoms with Crippen molar-refractivity contribution in [1.29, 1.82) is 0 Å². The van der Waals surface area contributed by atoms with Crippen LogP contribution in [0.3, 0.4) is 0 Å². The summed E-state index contributed by atoms with van der Waals surface area (Å²) in [5.41, 5.74) is 0.185. The second-order valence-corrected chi connectivity index (χ2v) is 7.72. The lowest BCUT2D eigenvalue weighted by Crippen LogP contribution is -2.15. The van der Waals surface area contributed by atoms with Gasteiger partial charge in [0.2, 0.25) is 10.0 Å². The van der Waals surface area contributed by atoms with Gasteiger partial charge in [0.05, 0.1) is 9.82 Å². The third-order valence-corrected chi connectivity index (χ3v) is 5.20. The van der Waals surface area contributed by atoms with Crippen molar-refractivity contribution >= 4 is 31.6 Å². The molecule has 0 saturated carbocycles. The Bertz CT molecular complexity index is 978. The number of hydrogen-bond donors (Lipinski definition) is 1. The van der Waals surface area contributed by atoms with Crippen LogP contribution in [0, 0.1) is 10.1 Å². The van der Waals surface area contributed by atoms with E-state index in [0.29, 0.717) is 34.7 Å². The number of rotatable bonds is 5. The highest BCUT2D eigenvalue weighted by molar-refractivity contribution is 9.10. The summed E-state index contributed by atoms with van der Waals surface area (Å²) in [6, 6.07) is 6.65. The Kier molecular flexibility index (Phi) is 5.03. The number of nitro benzene ring substituents is 1. The van der Waals surface area contributed by atoms with Gasteiger partial charge in [0.1, 0.15) is 19.8 Å². The first-order valence-electron chi connectivity index (χ1n) is 7.28. The van der Waals surface area contributed by atoms with Crippen LogP contribution in [0.4, 0.5) is 5.69 Å². The van der Waals surface area contributed by atoms with Crippen LogP contribution in [-0.2, 0) is 16.6 Å². The summed E-state index contributed by atoms with van der Waals surface area (Å²) < 4.78 is 39.9. The SMILES string of the molecule is NS(=O)(=O)c1ccc(OCc2cc3c(cc2Br)OCCO3)c([N+](=O)[O-])c1. The Hall–Kier alpha value is -2.37. The number of nitro groups is 1. The summed E-state index contributed by atoms with van der Waals surface area (Å²) in [5, 5.41) is 16.2. The molecule has 0 atom stereocenters. The molecule has 0 radical (unpaired) electrons. The number of hydrogen-bond acceptors (Lipinski definition) is 7. The smallest absolute Gasteiger partial charge is 0.312 e. The molecule has 2 aromatic carbocycles. The van der Waals surface area contributed by atoms with Crippen LogP contribution < -0.4 is 19.3 Å². The summed E-state index contributed by atoms with van der Waals surface area (Å²) in [5.74, 6) is 1.07. The quantitative estimate of drug-likeness (QED) is 0.552. The van der Waals surface area contributed by atoms with Crippen molar-refractivity contribution in [3.05, 3.63) is 50.5 Å². The molecule has 9 nitrogen and oxygen atoms in total. The van der Waals surface area contributed by atoms with E-state index in [1.807, 2.05) is 0 Å². The van der Waals surface area contributed by atoms with Gasteiger partial charge in [0.15, 0.2) is 17.2 Å². The molecule has 1 aliphatic heterocycles. The molecule has 0 aromatic heterocycles. The lowest BCUT2D eigenvalue weighted by molar-refractivity contribution is -0.386. The van der Waals surface area contributed by atoms with Crippen molar-refractivity contribution in [2.75, 3.05) is 13.2 Å². The van der Waals surface area contributed by atoms with E-state index in [1.165, 1.54) is 6.07 Å². The van der Waals surface area contributed by atoms with Crippen molar-refractivity contribution in [1.82, 2.24) is 0 Å². The van der Waals surface area contributed by atoms with Gasteiger partial charge < -0.3 is 14.2 Å². The standard InChI is InChI=1S/C15H13BrN2O7S/c16-11-7-15-14(23-3-4-24-15)5-9(11)8-25-13-2-1-10(26(17,21)22)6-12(13)18(19)20/h1-2,5-7H,3-4,8H2,(H2,17,21,22). The van der Waals surface area contributed by atoms with Gasteiger partial charge in [0, 0.05) is 16.1 Å². The number of primary sulfonamides is 1. The Morgan fingerprint density at radius 2 is 1.85 bits per heavy atom. The molecule has 0 spiro atoms. The van der Waals surface area contributed by atoms with Crippen LogP contribution in [0.2, 0.25) is 0 Å². The Morgan fingerprint density at radius 1 is 1.19 bits per heavy atom. The van der Waals surface area contributed by atoms with Gasteiger partial charge in [0.25, 0.3) is 0 Å². The van der Waals surface area contributed by atoms with Crippen LogP contribution in [0.15, 0.2) is 39.7 Å². The first-order valence-corrected chi connectivity index (χ1v) is 9.61. The zero-order valence-electron chi connectivity index (χ0n) is 13.2. The van der Waals surface area contributed by atoms with Crippen LogP contribution in [0.1, 0.15) is 5.56 Å². The molecule has 1 aliphatic rings. The van der Waals surface area contributed by atoms with E-state index in [-0.39, 0.29) is 17.3 Å². The van der Waals surface area contributed by atoms with Gasteiger partial charge in [-0.25, -0.2) is 13.6 Å². The van der Waals surface area contributed by atoms with Crippen LogP contribution in [0.5, 0.6) is 17.2 Å². The maximum Gasteiger partial charge on any atom is 0.312 e. The number of sulfonamides is 1. The zero-order chi connectivity index (χ0) is 18.9. The third kappa shape index (κ3) is 3.89. The van der Waals surface area contributed by atoms with Crippen LogP contribution >= 0.6 is 15.9 Å². The van der Waals surface area contributed by atoms with E-state index in [4.69, 9.17) is 19.3 Å². The van der Waals surface area contributed by atoms with Gasteiger partial charge in [-0.2, -0.15) is 0 Å². The molecule has 0 unspecified atom stereocenters. The predicted molar refractivity (Wildman–Crippen MR) is 93.9 cm³/mol.